The monoisotopic (exact) mass is 248 g/mol. The standard InChI is InChI=1S/C5H4N4O6S/c10-2-5(16(13,14)15)1(6-3(11)8-2)7-4(12)9-5/h(H,13,14,15)(H3,6,7,8,9,10,11,12). The van der Waals surface area contributed by atoms with Crippen molar-refractivity contribution in [2.75, 3.05) is 0 Å². The summed E-state index contributed by atoms with van der Waals surface area (Å²) < 4.78 is 31.1. The van der Waals surface area contributed by atoms with Gasteiger partial charge in [0.2, 0.25) is 0 Å². The molecule has 2 heterocycles. The average molecular weight is 248 g/mol. The van der Waals surface area contributed by atoms with Gasteiger partial charge in [-0.1, -0.05) is 0 Å². The van der Waals surface area contributed by atoms with E-state index in [-0.39, 0.29) is 0 Å². The van der Waals surface area contributed by atoms with Crippen molar-refractivity contribution in [1.29, 1.82) is 0 Å². The molecule has 0 aromatic heterocycles. The molecule has 5 amide bonds. The van der Waals surface area contributed by atoms with E-state index in [1.165, 1.54) is 0 Å². The Labute approximate surface area is 87.8 Å². The van der Waals surface area contributed by atoms with Gasteiger partial charge in [0, 0.05) is 0 Å². The summed E-state index contributed by atoms with van der Waals surface area (Å²) in [4.78, 5) is 33.5. The largest absolute Gasteiger partial charge is 0.344 e. The van der Waals surface area contributed by atoms with Crippen LogP contribution in [0.4, 0.5) is 9.59 Å². The molecule has 1 atom stereocenters. The van der Waals surface area contributed by atoms with Gasteiger partial charge in [-0.2, -0.15) is 13.4 Å². The van der Waals surface area contributed by atoms with Gasteiger partial charge in [-0.3, -0.25) is 20.0 Å². The fourth-order valence-electron chi connectivity index (χ4n) is 1.33. The number of urea groups is 2. The quantitative estimate of drug-likeness (QED) is 0.377. The van der Waals surface area contributed by atoms with Crippen molar-refractivity contribution >= 4 is 33.9 Å². The summed E-state index contributed by atoms with van der Waals surface area (Å²) in [5, 5.41) is 5.11. The normalized spacial score (nSPS) is 28.8. The van der Waals surface area contributed by atoms with Gasteiger partial charge in [0.1, 0.15) is 0 Å². The van der Waals surface area contributed by atoms with E-state index in [1.54, 1.807) is 10.6 Å². The first kappa shape index (κ1) is 10.5. The number of carbonyl (C=O) groups excluding carboxylic acids is 3. The van der Waals surface area contributed by atoms with Crippen molar-refractivity contribution in [3.05, 3.63) is 0 Å². The second-order valence-electron chi connectivity index (χ2n) is 2.96. The molecular weight excluding hydrogens is 244 g/mol. The zero-order chi connectivity index (χ0) is 12.1. The molecule has 0 spiro atoms. The topological polar surface area (TPSA) is 154 Å². The second-order valence-corrected chi connectivity index (χ2v) is 4.52. The summed E-state index contributed by atoms with van der Waals surface area (Å²) in [5.74, 6) is -2.17. The second kappa shape index (κ2) is 2.76. The molecule has 0 aromatic rings. The minimum atomic E-state index is -5.02. The highest BCUT2D eigenvalue weighted by Crippen LogP contribution is 2.22. The van der Waals surface area contributed by atoms with Crippen LogP contribution in [0.1, 0.15) is 0 Å². The van der Waals surface area contributed by atoms with Crippen LogP contribution >= 0.6 is 0 Å². The molecule has 0 saturated carbocycles. The van der Waals surface area contributed by atoms with E-state index >= 15 is 0 Å². The minimum absolute atomic E-state index is 0.770. The molecular formula is C5H4N4O6S. The summed E-state index contributed by atoms with van der Waals surface area (Å²) in [7, 11) is -5.02. The Morgan fingerprint density at radius 3 is 2.38 bits per heavy atom. The lowest BCUT2D eigenvalue weighted by Crippen LogP contribution is -2.73. The number of amides is 5. The minimum Gasteiger partial charge on any atom is -0.301 e. The van der Waals surface area contributed by atoms with Crippen LogP contribution in [-0.4, -0.2) is 41.6 Å². The van der Waals surface area contributed by atoms with Crippen LogP contribution in [0, 0.1) is 0 Å². The van der Waals surface area contributed by atoms with Crippen molar-refractivity contribution in [2.24, 2.45) is 4.99 Å². The van der Waals surface area contributed by atoms with Gasteiger partial charge in [0.25, 0.3) is 5.91 Å². The summed E-state index contributed by atoms with van der Waals surface area (Å²) in [5.41, 5.74) is 0. The van der Waals surface area contributed by atoms with Crippen LogP contribution < -0.4 is 16.0 Å². The lowest BCUT2D eigenvalue weighted by atomic mass is 10.2. The number of rotatable bonds is 1. The number of fused-ring (bicyclic) bond motifs is 1. The summed E-state index contributed by atoms with van der Waals surface area (Å²) >= 11 is 0. The Bertz CT molecular complexity index is 549. The highest BCUT2D eigenvalue weighted by Gasteiger charge is 2.62. The number of nitrogens with zero attached hydrogens (tertiary/aromatic N) is 1. The molecule has 0 aliphatic carbocycles. The summed E-state index contributed by atoms with van der Waals surface area (Å²) in [6.07, 6.45) is 0. The molecule has 2 rings (SSSR count). The lowest BCUT2D eigenvalue weighted by molar-refractivity contribution is -0.121. The first-order chi connectivity index (χ1) is 7.27. The molecule has 11 heteroatoms. The number of imide groups is 1. The van der Waals surface area contributed by atoms with Crippen molar-refractivity contribution in [1.82, 2.24) is 16.0 Å². The van der Waals surface area contributed by atoms with Crippen molar-refractivity contribution < 1.29 is 27.4 Å². The Morgan fingerprint density at radius 1 is 1.19 bits per heavy atom. The maximum Gasteiger partial charge on any atom is 0.344 e. The van der Waals surface area contributed by atoms with Gasteiger partial charge in [-0.15, -0.1) is 0 Å². The number of carbonyl (C=O) groups is 3. The fraction of sp³-hybridized carbons (Fsp3) is 0.200. The van der Waals surface area contributed by atoms with E-state index in [0.29, 0.717) is 0 Å². The molecule has 16 heavy (non-hydrogen) atoms. The van der Waals surface area contributed by atoms with Gasteiger partial charge in [-0.05, 0) is 0 Å². The van der Waals surface area contributed by atoms with Gasteiger partial charge < -0.3 is 5.32 Å². The SMILES string of the molecule is O=C1N=C2NC(=O)NC(=O)C2(S(=O)(=O)O)N1. The average Bonchev–Trinajstić information content (AvgIpc) is 2.41. The predicted octanol–water partition coefficient (Wildman–Crippen LogP) is -2.47. The van der Waals surface area contributed by atoms with E-state index in [9.17, 15) is 22.8 Å². The molecule has 2 aliphatic heterocycles. The van der Waals surface area contributed by atoms with E-state index in [4.69, 9.17) is 4.55 Å². The number of hydrogen-bond donors (Lipinski definition) is 4. The Balaban J connectivity index is 2.66. The molecule has 2 aliphatic rings. The maximum atomic E-state index is 11.4. The summed E-state index contributed by atoms with van der Waals surface area (Å²) in [6.45, 7) is 0. The molecule has 86 valence electrons. The van der Waals surface area contributed by atoms with E-state index in [0.717, 1.165) is 0 Å². The Morgan fingerprint density at radius 2 is 1.81 bits per heavy atom. The fourth-order valence-corrected chi connectivity index (χ4v) is 2.17. The number of hydrogen-bond acceptors (Lipinski definition) is 5. The number of nitrogens with one attached hydrogen (secondary N) is 3. The zero-order valence-corrected chi connectivity index (χ0v) is 8.16. The first-order valence-electron chi connectivity index (χ1n) is 3.78. The van der Waals surface area contributed by atoms with Crippen LogP contribution in [0.3, 0.4) is 0 Å². The molecule has 0 bridgehead atoms. The van der Waals surface area contributed by atoms with Gasteiger partial charge in [0.15, 0.2) is 5.84 Å². The third-order valence-corrected chi connectivity index (χ3v) is 3.25. The Kier molecular flexibility index (Phi) is 1.82. The number of aliphatic imine (C=N–C) groups is 1. The van der Waals surface area contributed by atoms with E-state index in [1.807, 2.05) is 5.32 Å². The smallest absolute Gasteiger partial charge is 0.301 e. The molecule has 10 nitrogen and oxygen atoms in total. The van der Waals surface area contributed by atoms with Crippen molar-refractivity contribution in [3.63, 3.8) is 0 Å². The van der Waals surface area contributed by atoms with Crippen LogP contribution in [-0.2, 0) is 14.9 Å². The third-order valence-electron chi connectivity index (χ3n) is 2.00. The van der Waals surface area contributed by atoms with Crippen LogP contribution in [0.15, 0.2) is 4.99 Å². The lowest BCUT2D eigenvalue weighted by Gasteiger charge is -2.29. The van der Waals surface area contributed by atoms with Gasteiger partial charge >= 0.3 is 27.1 Å². The molecule has 0 aromatic carbocycles. The van der Waals surface area contributed by atoms with Crippen LogP contribution in [0.5, 0.6) is 0 Å². The predicted molar refractivity (Wildman–Crippen MR) is 46.9 cm³/mol. The van der Waals surface area contributed by atoms with Gasteiger partial charge in [0.05, 0.1) is 0 Å². The first-order valence-corrected chi connectivity index (χ1v) is 5.22. The molecule has 1 unspecified atom stereocenters. The molecule has 0 radical (unpaired) electrons. The molecule has 1 saturated heterocycles. The zero-order valence-electron chi connectivity index (χ0n) is 7.34. The van der Waals surface area contributed by atoms with Crippen molar-refractivity contribution in [3.8, 4) is 0 Å². The molecule has 4 N–H and O–H groups in total. The highest BCUT2D eigenvalue weighted by atomic mass is 32.2. The summed E-state index contributed by atoms with van der Waals surface area (Å²) in [6, 6.07) is -2.20. The van der Waals surface area contributed by atoms with E-state index in [2.05, 4.69) is 4.99 Å². The van der Waals surface area contributed by atoms with Crippen LogP contribution in [0.25, 0.3) is 0 Å². The molecule has 1 fully saturated rings. The van der Waals surface area contributed by atoms with E-state index < -0.39 is 38.8 Å². The maximum absolute atomic E-state index is 11.4. The van der Waals surface area contributed by atoms with Gasteiger partial charge in [-0.25, -0.2) is 9.59 Å². The highest BCUT2D eigenvalue weighted by molar-refractivity contribution is 7.89. The van der Waals surface area contributed by atoms with Crippen LogP contribution in [0.2, 0.25) is 0 Å². The third kappa shape index (κ3) is 1.12. The number of amidine groups is 1. The van der Waals surface area contributed by atoms with Crippen molar-refractivity contribution in [2.45, 2.75) is 4.87 Å². The Hall–Kier alpha value is -2.01.